The monoisotopic (exact) mass is 565 g/mol. The van der Waals surface area contributed by atoms with Gasteiger partial charge in [0.2, 0.25) is 5.91 Å². The van der Waals surface area contributed by atoms with Crippen molar-refractivity contribution >= 4 is 17.8 Å². The van der Waals surface area contributed by atoms with Crippen molar-refractivity contribution in [1.82, 2.24) is 26.1 Å². The smallest absolute Gasteiger partial charge is 0.324 e. The molecule has 2 aliphatic rings. The molecule has 11 heteroatoms. The van der Waals surface area contributed by atoms with Crippen LogP contribution in [0.25, 0.3) is 0 Å². The number of hydrogen-bond donors (Lipinski definition) is 4. The normalized spacial score (nSPS) is 19.3. The van der Waals surface area contributed by atoms with E-state index < -0.39 is 11.6 Å². The first-order valence-electron chi connectivity index (χ1n) is 14.6. The number of rotatable bonds is 12. The van der Waals surface area contributed by atoms with Crippen molar-refractivity contribution in [1.29, 1.82) is 0 Å². The third-order valence-corrected chi connectivity index (χ3v) is 6.83. The number of hydrogen-bond acceptors (Lipinski definition) is 9. The van der Waals surface area contributed by atoms with Gasteiger partial charge in [0.1, 0.15) is 24.3 Å². The average molecular weight is 566 g/mol. The Morgan fingerprint density at radius 3 is 2.33 bits per heavy atom. The molecule has 2 heterocycles. The average Bonchev–Trinajstić information content (AvgIpc) is 3.35. The van der Waals surface area contributed by atoms with Crippen LogP contribution in [0, 0.1) is 0 Å². The van der Waals surface area contributed by atoms with Gasteiger partial charge in [-0.15, -0.1) is 5.59 Å². The number of aliphatic hydroxyl groups excluding tert-OH is 1. The van der Waals surface area contributed by atoms with E-state index in [-0.39, 0.29) is 30.5 Å². The number of nitrogens with zero attached hydrogens (tertiary/aromatic N) is 2. The molecule has 228 valence electrons. The van der Waals surface area contributed by atoms with Crippen LogP contribution in [0.4, 0.5) is 0 Å². The number of carbonyl (C=O) groups excluding carboxylic acids is 3. The second-order valence-corrected chi connectivity index (χ2v) is 9.62. The minimum absolute atomic E-state index is 0.0357. The maximum Gasteiger partial charge on any atom is 0.324 e. The van der Waals surface area contributed by atoms with Crippen molar-refractivity contribution in [3.63, 3.8) is 0 Å². The van der Waals surface area contributed by atoms with E-state index in [1.165, 1.54) is 0 Å². The zero-order chi connectivity index (χ0) is 30.0. The molecule has 2 saturated heterocycles. The third-order valence-electron chi connectivity index (χ3n) is 6.83. The van der Waals surface area contributed by atoms with Crippen LogP contribution in [0.15, 0.2) is 30.3 Å². The predicted molar refractivity (Wildman–Crippen MR) is 155 cm³/mol. The number of nitrogens with one attached hydrogen (secondary N) is 3. The molecule has 1 aromatic carbocycles. The lowest BCUT2D eigenvalue weighted by Crippen LogP contribution is -2.66. The summed E-state index contributed by atoms with van der Waals surface area (Å²) in [5.41, 5.74) is 5.57. The van der Waals surface area contributed by atoms with Gasteiger partial charge in [-0.05, 0) is 38.2 Å². The molecule has 2 amide bonds. The van der Waals surface area contributed by atoms with E-state index in [0.717, 1.165) is 24.8 Å². The molecule has 0 aliphatic carbocycles. The molecule has 1 spiro atoms. The molecule has 40 heavy (non-hydrogen) atoms. The Kier molecular flexibility index (Phi) is 17.3. The van der Waals surface area contributed by atoms with Crippen LogP contribution >= 0.6 is 0 Å². The zero-order valence-corrected chi connectivity index (χ0v) is 25.2. The fourth-order valence-electron chi connectivity index (χ4n) is 4.41. The molecular weight excluding hydrogens is 514 g/mol. The summed E-state index contributed by atoms with van der Waals surface area (Å²) in [6.07, 6.45) is 2.93. The van der Waals surface area contributed by atoms with Crippen LogP contribution < -0.4 is 16.3 Å². The number of benzene rings is 1. The SMILES string of the molecule is CC.CCC(CC)OC(=O)C(C)NNOCC(=O)N1CCN(Cc2ccccc2)C2(CCNC2=O)C1.CCCO. The van der Waals surface area contributed by atoms with Crippen molar-refractivity contribution in [3.05, 3.63) is 35.9 Å². The fourth-order valence-corrected chi connectivity index (χ4v) is 4.41. The van der Waals surface area contributed by atoms with Gasteiger partial charge in [-0.3, -0.25) is 24.1 Å². The standard InChI is InChI=1S/C24H37N5O5.C3H8O.C2H6/c1-4-20(5-2)34-22(31)18(3)26-27-33-16-21(30)28-13-14-29(15-19-9-7-6-8-10-19)24(17-28)11-12-25-23(24)32;1-2-3-4;1-2/h6-10,18,20,26-27H,4-5,11-17H2,1-3H3,(H,25,32);4H,2-3H2,1H3;1-2H3. The Morgan fingerprint density at radius 1 is 1.12 bits per heavy atom. The Labute approximate surface area is 239 Å². The zero-order valence-electron chi connectivity index (χ0n) is 25.2. The van der Waals surface area contributed by atoms with E-state index in [4.69, 9.17) is 14.7 Å². The molecule has 1 aromatic rings. The highest BCUT2D eigenvalue weighted by atomic mass is 16.7. The number of hydrazine groups is 1. The minimum atomic E-state index is -0.733. The minimum Gasteiger partial charge on any atom is -0.461 e. The Balaban J connectivity index is 0.00000122. The Hall–Kier alpha value is -2.57. The summed E-state index contributed by atoms with van der Waals surface area (Å²) in [7, 11) is 0. The first-order valence-corrected chi connectivity index (χ1v) is 14.6. The van der Waals surface area contributed by atoms with E-state index in [1.54, 1.807) is 11.8 Å². The largest absolute Gasteiger partial charge is 0.461 e. The number of esters is 1. The molecular formula is C29H51N5O6. The first kappa shape index (κ1) is 35.5. The topological polar surface area (TPSA) is 132 Å². The highest BCUT2D eigenvalue weighted by molar-refractivity contribution is 5.90. The van der Waals surface area contributed by atoms with Gasteiger partial charge in [-0.25, -0.2) is 5.43 Å². The lowest BCUT2D eigenvalue weighted by Gasteiger charge is -2.47. The molecule has 0 saturated carbocycles. The first-order chi connectivity index (χ1) is 19.3. The van der Waals surface area contributed by atoms with Gasteiger partial charge < -0.3 is 20.1 Å². The molecule has 4 N–H and O–H groups in total. The van der Waals surface area contributed by atoms with Gasteiger partial charge in [0.05, 0.1) is 0 Å². The number of carbonyl (C=O) groups is 3. The van der Waals surface area contributed by atoms with Crippen LogP contribution in [0.2, 0.25) is 0 Å². The van der Waals surface area contributed by atoms with Crippen LogP contribution in [-0.2, 0) is 30.5 Å². The van der Waals surface area contributed by atoms with Gasteiger partial charge in [0.15, 0.2) is 0 Å². The summed E-state index contributed by atoms with van der Waals surface area (Å²) < 4.78 is 5.39. The van der Waals surface area contributed by atoms with Crippen LogP contribution in [0.3, 0.4) is 0 Å². The van der Waals surface area contributed by atoms with Crippen LogP contribution in [0.5, 0.6) is 0 Å². The molecule has 2 aliphatic heterocycles. The quantitative estimate of drug-likeness (QED) is 0.171. The Bertz CT molecular complexity index is 868. The van der Waals surface area contributed by atoms with Gasteiger partial charge >= 0.3 is 5.97 Å². The fraction of sp³-hybridized carbons (Fsp3) is 0.690. The van der Waals surface area contributed by atoms with E-state index in [1.807, 2.05) is 65.0 Å². The van der Waals surface area contributed by atoms with Crippen molar-refractivity contribution in [2.24, 2.45) is 0 Å². The number of aliphatic hydroxyl groups is 1. The summed E-state index contributed by atoms with van der Waals surface area (Å²) in [4.78, 5) is 46.9. The molecule has 2 fully saturated rings. The predicted octanol–water partition coefficient (Wildman–Crippen LogP) is 2.15. The highest BCUT2D eigenvalue weighted by Gasteiger charge is 2.51. The second kappa shape index (κ2) is 19.5. The lowest BCUT2D eigenvalue weighted by atomic mass is 9.91. The Morgan fingerprint density at radius 2 is 1.77 bits per heavy atom. The van der Waals surface area contributed by atoms with Gasteiger partial charge in [0.25, 0.3) is 5.91 Å². The van der Waals surface area contributed by atoms with Gasteiger partial charge in [0, 0.05) is 39.3 Å². The van der Waals surface area contributed by atoms with Crippen molar-refractivity contribution < 1.29 is 29.1 Å². The number of piperazine rings is 1. The van der Waals surface area contributed by atoms with Crippen molar-refractivity contribution in [2.45, 2.75) is 91.5 Å². The van der Waals surface area contributed by atoms with Crippen molar-refractivity contribution in [2.75, 3.05) is 39.4 Å². The van der Waals surface area contributed by atoms with E-state index in [2.05, 4.69) is 21.2 Å². The summed E-state index contributed by atoms with van der Waals surface area (Å²) in [5.74, 6) is -0.647. The van der Waals surface area contributed by atoms with Crippen LogP contribution in [-0.4, -0.2) is 89.8 Å². The third kappa shape index (κ3) is 10.8. The van der Waals surface area contributed by atoms with E-state index in [9.17, 15) is 14.4 Å². The maximum atomic E-state index is 12.9. The van der Waals surface area contributed by atoms with E-state index in [0.29, 0.717) is 45.8 Å². The highest BCUT2D eigenvalue weighted by Crippen LogP contribution is 2.30. The van der Waals surface area contributed by atoms with E-state index >= 15 is 0 Å². The summed E-state index contributed by atoms with van der Waals surface area (Å²) in [6, 6.07) is 9.40. The molecule has 0 radical (unpaired) electrons. The van der Waals surface area contributed by atoms with Crippen LogP contribution in [0.1, 0.15) is 72.8 Å². The summed E-state index contributed by atoms with van der Waals surface area (Å²) in [6.45, 7) is 14.3. The maximum absolute atomic E-state index is 12.9. The molecule has 2 atom stereocenters. The molecule has 3 rings (SSSR count). The summed E-state index contributed by atoms with van der Waals surface area (Å²) >= 11 is 0. The second-order valence-electron chi connectivity index (χ2n) is 9.62. The lowest BCUT2D eigenvalue weighted by molar-refractivity contribution is -0.154. The molecule has 11 nitrogen and oxygen atoms in total. The molecule has 2 unspecified atom stereocenters. The number of amides is 2. The van der Waals surface area contributed by atoms with Gasteiger partial charge in [-0.2, -0.15) is 0 Å². The van der Waals surface area contributed by atoms with Crippen molar-refractivity contribution in [3.8, 4) is 0 Å². The number of ether oxygens (including phenoxy) is 1. The molecule has 0 aromatic heterocycles. The van der Waals surface area contributed by atoms with Gasteiger partial charge in [-0.1, -0.05) is 65.0 Å². The molecule has 0 bridgehead atoms. The summed E-state index contributed by atoms with van der Waals surface area (Å²) in [5, 5.41) is 10.8.